The fourth-order valence-corrected chi connectivity index (χ4v) is 2.47. The lowest BCUT2D eigenvalue weighted by molar-refractivity contribution is -0.248. The van der Waals surface area contributed by atoms with Gasteiger partial charge in [0.2, 0.25) is 0 Å². The maximum Gasteiger partial charge on any atom is 0.165 e. The van der Waals surface area contributed by atoms with Crippen LogP contribution in [0.25, 0.3) is 0 Å². The van der Waals surface area contributed by atoms with E-state index in [2.05, 4.69) is 4.98 Å². The molecule has 3 heterocycles. The van der Waals surface area contributed by atoms with Gasteiger partial charge in [0.1, 0.15) is 0 Å². The maximum absolute atomic E-state index is 13.6. The van der Waals surface area contributed by atoms with Crippen LogP contribution in [0.15, 0.2) is 18.3 Å². The highest BCUT2D eigenvalue weighted by atomic mass is 19.1. The van der Waals surface area contributed by atoms with E-state index >= 15 is 0 Å². The molecule has 0 aliphatic carbocycles. The van der Waals surface area contributed by atoms with E-state index in [1.54, 1.807) is 12.3 Å². The Morgan fingerprint density at radius 2 is 1.94 bits per heavy atom. The number of nitrogens with zero attached hydrogens (tertiary/aromatic N) is 2. The number of rotatable bonds is 1. The van der Waals surface area contributed by atoms with Gasteiger partial charge in [0, 0.05) is 24.7 Å². The molecule has 0 saturated carbocycles. The second-order valence-electron chi connectivity index (χ2n) is 4.82. The Balaban J connectivity index is 1.71. The monoisotopic (exact) mass is 238 g/mol. The molecule has 0 N–H and O–H groups in total. The normalized spacial score (nSPS) is 23.2. The molecule has 2 saturated heterocycles. The van der Waals surface area contributed by atoms with E-state index in [1.165, 1.54) is 6.07 Å². The molecule has 5 heteroatoms. The van der Waals surface area contributed by atoms with Crippen molar-refractivity contribution in [3.05, 3.63) is 24.1 Å². The summed E-state index contributed by atoms with van der Waals surface area (Å²) in [4.78, 5) is 16.1. The average Bonchev–Trinajstić information content (AvgIpc) is 2.80. The smallest absolute Gasteiger partial charge is 0.165 e. The van der Waals surface area contributed by atoms with E-state index < -0.39 is 0 Å². The van der Waals surface area contributed by atoms with E-state index in [9.17, 15) is 4.39 Å². The molecule has 0 aromatic carbocycles. The number of piperidine rings is 1. The highest BCUT2D eigenvalue weighted by Gasteiger charge is 2.40. The molecule has 0 radical (unpaired) electrons. The highest BCUT2D eigenvalue weighted by Crippen LogP contribution is 2.37. The van der Waals surface area contributed by atoms with Crippen molar-refractivity contribution in [3.63, 3.8) is 0 Å². The van der Waals surface area contributed by atoms with Crippen molar-refractivity contribution in [1.29, 1.82) is 0 Å². The van der Waals surface area contributed by atoms with Crippen LogP contribution in [0.2, 0.25) is 0 Å². The van der Waals surface area contributed by atoms with Crippen molar-refractivity contribution >= 4 is 5.82 Å². The lowest BCUT2D eigenvalue weighted by Crippen LogP contribution is -2.42. The minimum absolute atomic E-state index is 0.141. The molecule has 1 spiro atoms. The SMILES string of the molecule is Fc1cccnc1N1CCC2(CC1)COOC2. The van der Waals surface area contributed by atoms with Crippen LogP contribution in [0.1, 0.15) is 12.8 Å². The minimum Gasteiger partial charge on any atom is -0.354 e. The maximum atomic E-state index is 13.6. The van der Waals surface area contributed by atoms with Crippen LogP contribution in [0, 0.1) is 11.2 Å². The van der Waals surface area contributed by atoms with E-state index in [0.29, 0.717) is 19.0 Å². The van der Waals surface area contributed by atoms with Gasteiger partial charge in [0.05, 0.1) is 13.2 Å². The summed E-state index contributed by atoms with van der Waals surface area (Å²) in [5.74, 6) is 0.213. The fourth-order valence-electron chi connectivity index (χ4n) is 2.47. The largest absolute Gasteiger partial charge is 0.354 e. The second kappa shape index (κ2) is 4.23. The second-order valence-corrected chi connectivity index (χ2v) is 4.82. The molecular formula is C12H15FN2O2. The number of aromatic nitrogens is 1. The van der Waals surface area contributed by atoms with Gasteiger partial charge in [0.25, 0.3) is 0 Å². The quantitative estimate of drug-likeness (QED) is 0.698. The summed E-state index contributed by atoms with van der Waals surface area (Å²) in [6.45, 7) is 2.93. The molecule has 1 aromatic rings. The number of anilines is 1. The summed E-state index contributed by atoms with van der Waals surface area (Å²) in [7, 11) is 0. The molecule has 0 unspecified atom stereocenters. The van der Waals surface area contributed by atoms with Crippen LogP contribution in [0.5, 0.6) is 0 Å². The molecule has 4 nitrogen and oxygen atoms in total. The third-order valence-electron chi connectivity index (χ3n) is 3.68. The molecule has 3 rings (SSSR count). The zero-order valence-electron chi connectivity index (χ0n) is 9.56. The molecule has 2 aliphatic rings. The van der Waals surface area contributed by atoms with Gasteiger partial charge in [-0.05, 0) is 25.0 Å². The third kappa shape index (κ3) is 2.00. The summed E-state index contributed by atoms with van der Waals surface area (Å²) in [5, 5.41) is 0. The van der Waals surface area contributed by atoms with Crippen LogP contribution < -0.4 is 4.90 Å². The average molecular weight is 238 g/mol. The van der Waals surface area contributed by atoms with Gasteiger partial charge in [-0.3, -0.25) is 0 Å². The standard InChI is InChI=1S/C12H15FN2O2/c13-10-2-1-5-14-11(10)15-6-3-12(4-7-15)8-16-17-9-12/h1-2,5H,3-4,6-9H2. The molecule has 0 amide bonds. The predicted octanol–water partition coefficient (Wildman–Crippen LogP) is 1.77. The van der Waals surface area contributed by atoms with Crippen molar-refractivity contribution in [2.45, 2.75) is 12.8 Å². The zero-order valence-corrected chi connectivity index (χ0v) is 9.56. The topological polar surface area (TPSA) is 34.6 Å². The van der Waals surface area contributed by atoms with Crippen LogP contribution >= 0.6 is 0 Å². The third-order valence-corrected chi connectivity index (χ3v) is 3.68. The lowest BCUT2D eigenvalue weighted by Gasteiger charge is -2.37. The van der Waals surface area contributed by atoms with Gasteiger partial charge in [-0.15, -0.1) is 0 Å². The fraction of sp³-hybridized carbons (Fsp3) is 0.583. The van der Waals surface area contributed by atoms with E-state index in [1.807, 2.05) is 4.90 Å². The number of pyridine rings is 1. The first-order valence-corrected chi connectivity index (χ1v) is 5.89. The Kier molecular flexibility index (Phi) is 2.72. The molecule has 1 aromatic heterocycles. The summed E-state index contributed by atoms with van der Waals surface area (Å²) in [5.41, 5.74) is 0.141. The Morgan fingerprint density at radius 3 is 2.59 bits per heavy atom. The van der Waals surface area contributed by atoms with Crippen molar-refractivity contribution in [1.82, 2.24) is 4.98 Å². The molecule has 0 atom stereocenters. The molecule has 92 valence electrons. The van der Waals surface area contributed by atoms with E-state index in [-0.39, 0.29) is 11.2 Å². The molecule has 2 fully saturated rings. The van der Waals surface area contributed by atoms with E-state index in [0.717, 1.165) is 25.9 Å². The summed E-state index contributed by atoms with van der Waals surface area (Å²) >= 11 is 0. The van der Waals surface area contributed by atoms with E-state index in [4.69, 9.17) is 9.78 Å². The Labute approximate surface area is 99.3 Å². The van der Waals surface area contributed by atoms with Crippen molar-refractivity contribution in [3.8, 4) is 0 Å². The number of hydrogen-bond acceptors (Lipinski definition) is 4. The van der Waals surface area contributed by atoms with Crippen LogP contribution in [-0.2, 0) is 9.78 Å². The molecular weight excluding hydrogens is 223 g/mol. The van der Waals surface area contributed by atoms with Gasteiger partial charge in [-0.1, -0.05) is 0 Å². The van der Waals surface area contributed by atoms with Crippen LogP contribution in [0.3, 0.4) is 0 Å². The zero-order chi connectivity index (χ0) is 11.7. The van der Waals surface area contributed by atoms with Gasteiger partial charge in [-0.25, -0.2) is 19.1 Å². The highest BCUT2D eigenvalue weighted by molar-refractivity contribution is 5.40. The van der Waals surface area contributed by atoms with Crippen LogP contribution in [0.4, 0.5) is 10.2 Å². The first-order valence-electron chi connectivity index (χ1n) is 5.89. The first kappa shape index (κ1) is 10.9. The molecule has 0 bridgehead atoms. The summed E-state index contributed by atoms with van der Waals surface area (Å²) < 4.78 is 13.6. The number of halogens is 1. The summed E-state index contributed by atoms with van der Waals surface area (Å²) in [6.07, 6.45) is 3.55. The van der Waals surface area contributed by atoms with Gasteiger partial charge in [0.15, 0.2) is 11.6 Å². The minimum atomic E-state index is -0.248. The van der Waals surface area contributed by atoms with Gasteiger partial charge < -0.3 is 4.90 Å². The van der Waals surface area contributed by atoms with Gasteiger partial charge >= 0.3 is 0 Å². The summed E-state index contributed by atoms with van der Waals surface area (Å²) in [6, 6.07) is 3.07. The Bertz CT molecular complexity index is 397. The first-order chi connectivity index (χ1) is 8.29. The lowest BCUT2D eigenvalue weighted by atomic mass is 9.80. The molecule has 2 aliphatic heterocycles. The molecule has 17 heavy (non-hydrogen) atoms. The Hall–Kier alpha value is -1.20. The van der Waals surface area contributed by atoms with Crippen molar-refractivity contribution < 1.29 is 14.2 Å². The number of hydrogen-bond donors (Lipinski definition) is 0. The van der Waals surface area contributed by atoms with Crippen LogP contribution in [-0.4, -0.2) is 31.3 Å². The Morgan fingerprint density at radius 1 is 1.24 bits per heavy atom. The van der Waals surface area contributed by atoms with Crippen molar-refractivity contribution in [2.24, 2.45) is 5.41 Å². The predicted molar refractivity (Wildman–Crippen MR) is 60.0 cm³/mol. The van der Waals surface area contributed by atoms with Crippen molar-refractivity contribution in [2.75, 3.05) is 31.2 Å². The van der Waals surface area contributed by atoms with Gasteiger partial charge in [-0.2, -0.15) is 0 Å².